The second-order valence-electron chi connectivity index (χ2n) is 14.0. The predicted molar refractivity (Wildman–Crippen MR) is 189 cm³/mol. The fourth-order valence-electron chi connectivity index (χ4n) is 6.62. The van der Waals surface area contributed by atoms with Gasteiger partial charge in [0.15, 0.2) is 18.2 Å². The number of rotatable bonds is 13. The average molecular weight is 859 g/mol. The molecule has 3 fully saturated rings. The number of fused-ring (bicyclic) bond motifs is 1. The minimum absolute atomic E-state index is 0.0255. The fraction of sp³-hybridized carbons (Fsp3) is 0.528. The number of phenols is 2. The van der Waals surface area contributed by atoms with Crippen molar-refractivity contribution >= 4 is 22.9 Å². The highest BCUT2D eigenvalue weighted by atomic mass is 16.8. The van der Waals surface area contributed by atoms with E-state index in [9.17, 15) is 75.7 Å². The molecule has 3 aliphatic rings. The highest BCUT2D eigenvalue weighted by molar-refractivity contribution is 5.90. The van der Waals surface area contributed by atoms with E-state index in [1.54, 1.807) is 0 Å². The number of benzene rings is 2. The number of carbonyl (C=O) groups excluding carboxylic acids is 1. The molecule has 3 aliphatic heterocycles. The maximum absolute atomic E-state index is 14.3. The highest BCUT2D eigenvalue weighted by Gasteiger charge is 2.52. The number of aliphatic hydroxyl groups excluding tert-OH is 10. The van der Waals surface area contributed by atoms with E-state index >= 15 is 0 Å². The van der Waals surface area contributed by atoms with Crippen LogP contribution < -0.4 is 14.9 Å². The maximum atomic E-state index is 14.3. The molecule has 0 amide bonds. The molecule has 0 radical (unpaired) electrons. The van der Waals surface area contributed by atoms with Crippen LogP contribution in [0.3, 0.4) is 0 Å². The van der Waals surface area contributed by atoms with Crippen molar-refractivity contribution in [3.63, 3.8) is 0 Å². The molecule has 4 heterocycles. The van der Waals surface area contributed by atoms with Crippen molar-refractivity contribution < 1.29 is 114 Å². The second-order valence-corrected chi connectivity index (χ2v) is 14.0. The van der Waals surface area contributed by atoms with Crippen molar-refractivity contribution in [3.8, 4) is 34.3 Å². The fourth-order valence-corrected chi connectivity index (χ4v) is 6.62. The van der Waals surface area contributed by atoms with E-state index in [1.807, 2.05) is 0 Å². The molecule has 3 aromatic rings. The number of phenolic OH excluding ortho intramolecular Hbond substituents is 2. The molecule has 24 nitrogen and oxygen atoms in total. The third kappa shape index (κ3) is 9.11. The van der Waals surface area contributed by atoms with Crippen LogP contribution in [0.15, 0.2) is 45.6 Å². The zero-order valence-electron chi connectivity index (χ0n) is 30.8. The molecule has 15 atom stereocenters. The van der Waals surface area contributed by atoms with Gasteiger partial charge in [-0.1, -0.05) is 0 Å². The average Bonchev–Trinajstić information content (AvgIpc) is 3.20. The van der Waals surface area contributed by atoms with Gasteiger partial charge in [-0.15, -0.1) is 0 Å². The largest absolute Gasteiger partial charge is 0.508 e. The first-order valence-corrected chi connectivity index (χ1v) is 18.1. The number of hydrogen-bond donors (Lipinski definition) is 13. The number of aromatic hydroxyl groups is 2. The number of carbonyl (C=O) groups is 2. The van der Waals surface area contributed by atoms with Gasteiger partial charge in [-0.05, 0) is 24.3 Å². The Labute approximate surface area is 335 Å². The lowest BCUT2D eigenvalue weighted by Crippen LogP contribution is -2.65. The van der Waals surface area contributed by atoms with Crippen LogP contribution in [0.1, 0.15) is 6.42 Å². The second kappa shape index (κ2) is 18.5. The SMILES string of the molecule is O=C(O)CC(=O)OCC1OC(OC2C(Oc3c(-c4ccc(O)cc4)oc4cc(OC5OC(CO)C(O)C(O)C5O)cc(O)c4c3=O)OC(CO)C(O)C2O)C(O)C(O)C1O. The van der Waals surface area contributed by atoms with Crippen LogP contribution in [0, 0.1) is 0 Å². The summed E-state index contributed by atoms with van der Waals surface area (Å²) in [6.07, 6.45) is -29.2. The van der Waals surface area contributed by atoms with Crippen molar-refractivity contribution in [1.82, 2.24) is 0 Å². The lowest BCUT2D eigenvalue weighted by Gasteiger charge is -2.45. The number of aliphatic carboxylic acids is 1. The van der Waals surface area contributed by atoms with Crippen LogP contribution >= 0.6 is 0 Å². The molecule has 15 unspecified atom stereocenters. The zero-order valence-corrected chi connectivity index (χ0v) is 30.8. The van der Waals surface area contributed by atoms with Crippen molar-refractivity contribution in [1.29, 1.82) is 0 Å². The molecule has 6 rings (SSSR count). The van der Waals surface area contributed by atoms with Crippen molar-refractivity contribution in [2.45, 2.75) is 98.5 Å². The number of aliphatic hydroxyl groups is 10. The molecule has 1 aromatic heterocycles. The highest BCUT2D eigenvalue weighted by Crippen LogP contribution is 2.39. The quantitative estimate of drug-likeness (QED) is 0.0566. The monoisotopic (exact) mass is 858 g/mol. The molecule has 0 bridgehead atoms. The van der Waals surface area contributed by atoms with E-state index in [1.165, 1.54) is 24.3 Å². The Hall–Kier alpha value is -4.77. The Morgan fingerprint density at radius 3 is 1.85 bits per heavy atom. The molecular formula is C36H42O24. The summed E-state index contributed by atoms with van der Waals surface area (Å²) < 4.78 is 44.6. The predicted octanol–water partition coefficient (Wildman–Crippen LogP) is -4.92. The molecular weight excluding hydrogens is 816 g/mol. The Balaban J connectivity index is 1.36. The first-order valence-electron chi connectivity index (χ1n) is 18.1. The Bertz CT molecular complexity index is 2040. The summed E-state index contributed by atoms with van der Waals surface area (Å²) in [5.74, 6) is -5.39. The molecule has 2 aromatic carbocycles. The topological polar surface area (TPSA) is 392 Å². The normalized spacial score (nSPS) is 34.5. The number of carboxylic acids is 1. The number of ether oxygens (including phenoxy) is 7. The van der Waals surface area contributed by atoms with Gasteiger partial charge in [0.25, 0.3) is 0 Å². The third-order valence-corrected chi connectivity index (χ3v) is 9.86. The van der Waals surface area contributed by atoms with E-state index in [4.69, 9.17) is 42.7 Å². The van der Waals surface area contributed by atoms with Gasteiger partial charge in [0, 0.05) is 17.7 Å². The Morgan fingerprint density at radius 2 is 1.23 bits per heavy atom. The van der Waals surface area contributed by atoms with Crippen LogP contribution in [0.2, 0.25) is 0 Å². The van der Waals surface area contributed by atoms with Gasteiger partial charge in [0.05, 0.1) is 13.2 Å². The summed E-state index contributed by atoms with van der Waals surface area (Å²) >= 11 is 0. The lowest BCUT2D eigenvalue weighted by atomic mass is 9.97. The number of esters is 1. The number of carboxylic acid groups (broad SMARTS) is 1. The van der Waals surface area contributed by atoms with Crippen LogP contribution in [-0.4, -0.2) is 190 Å². The maximum Gasteiger partial charge on any atom is 0.317 e. The number of hydrogen-bond acceptors (Lipinski definition) is 23. The third-order valence-electron chi connectivity index (χ3n) is 9.86. The van der Waals surface area contributed by atoms with Gasteiger partial charge >= 0.3 is 11.9 Å². The molecule has 3 saturated heterocycles. The van der Waals surface area contributed by atoms with E-state index in [-0.39, 0.29) is 17.1 Å². The van der Waals surface area contributed by atoms with E-state index in [2.05, 4.69) is 0 Å². The smallest absolute Gasteiger partial charge is 0.317 e. The zero-order chi connectivity index (χ0) is 43.7. The summed E-state index contributed by atoms with van der Waals surface area (Å²) in [6, 6.07) is 6.88. The molecule has 13 N–H and O–H groups in total. The first-order chi connectivity index (χ1) is 28.4. The van der Waals surface area contributed by atoms with Gasteiger partial charge < -0.3 is 104 Å². The lowest BCUT2D eigenvalue weighted by molar-refractivity contribution is -0.358. The van der Waals surface area contributed by atoms with E-state index in [0.717, 1.165) is 12.1 Å². The van der Waals surface area contributed by atoms with Gasteiger partial charge in [-0.3, -0.25) is 14.4 Å². The summed E-state index contributed by atoms with van der Waals surface area (Å²) in [5, 5.41) is 133. The molecule has 0 aliphatic carbocycles. The summed E-state index contributed by atoms with van der Waals surface area (Å²) in [7, 11) is 0. The molecule has 0 saturated carbocycles. The molecule has 0 spiro atoms. The van der Waals surface area contributed by atoms with Gasteiger partial charge in [0.1, 0.15) is 108 Å². The van der Waals surface area contributed by atoms with Crippen molar-refractivity contribution in [2.24, 2.45) is 0 Å². The van der Waals surface area contributed by atoms with Gasteiger partial charge in [-0.2, -0.15) is 0 Å². The van der Waals surface area contributed by atoms with E-state index in [0.29, 0.717) is 0 Å². The Morgan fingerprint density at radius 1 is 0.667 bits per heavy atom. The van der Waals surface area contributed by atoms with Gasteiger partial charge in [-0.25, -0.2) is 0 Å². The summed E-state index contributed by atoms with van der Waals surface area (Å²) in [4.78, 5) is 37.0. The van der Waals surface area contributed by atoms with Crippen LogP contribution in [0.25, 0.3) is 22.3 Å². The van der Waals surface area contributed by atoms with Crippen molar-refractivity contribution in [3.05, 3.63) is 46.6 Å². The summed E-state index contributed by atoms with van der Waals surface area (Å²) in [5.41, 5.74) is -1.52. The molecule has 60 heavy (non-hydrogen) atoms. The first kappa shape index (κ1) is 44.8. The van der Waals surface area contributed by atoms with Crippen LogP contribution in [0.5, 0.6) is 23.0 Å². The summed E-state index contributed by atoms with van der Waals surface area (Å²) in [6.45, 7) is -2.58. The van der Waals surface area contributed by atoms with Gasteiger partial charge in [0.2, 0.25) is 23.8 Å². The minimum Gasteiger partial charge on any atom is -0.508 e. The van der Waals surface area contributed by atoms with Crippen molar-refractivity contribution in [2.75, 3.05) is 19.8 Å². The minimum atomic E-state index is -2.12. The molecule has 330 valence electrons. The van der Waals surface area contributed by atoms with Crippen LogP contribution in [-0.2, 0) is 33.3 Å². The van der Waals surface area contributed by atoms with E-state index < -0.39 is 164 Å². The Kier molecular flexibility index (Phi) is 13.8. The molecule has 24 heteroatoms. The standard InChI is InChI=1S/C36H42O24/c37-8-16-22(44)26(48)29(51)34(56-16)54-13-5-14(40)21-15(6-13)55-31(11-1-3-12(39)4-2-11)32(25(21)47)59-36-33(28(50)23(45)17(9-38)57-36)60-35-30(52)27(49)24(46)18(58-35)10-53-20(43)7-19(41)42/h1-6,16-18,22-24,26-30,33-40,44-46,48-52H,7-10H2,(H,41,42). The van der Waals surface area contributed by atoms with Crippen LogP contribution in [0.4, 0.5) is 0 Å².